The predicted octanol–water partition coefficient (Wildman–Crippen LogP) is 0.125. The molecule has 5 nitrogen and oxygen atoms in total. The van der Waals surface area contributed by atoms with E-state index in [0.717, 1.165) is 0 Å². The lowest BCUT2D eigenvalue weighted by Gasteiger charge is -2.13. The first-order valence-electron chi connectivity index (χ1n) is 3.87. The van der Waals surface area contributed by atoms with Gasteiger partial charge in [-0.2, -0.15) is 5.26 Å². The van der Waals surface area contributed by atoms with Crippen molar-refractivity contribution in [1.29, 1.82) is 5.26 Å². The van der Waals surface area contributed by atoms with E-state index in [1.165, 1.54) is 6.92 Å². The van der Waals surface area contributed by atoms with E-state index < -0.39 is 17.9 Å². The summed E-state index contributed by atoms with van der Waals surface area (Å²) in [7, 11) is 0. The molecule has 0 aliphatic heterocycles. The van der Waals surface area contributed by atoms with Crippen LogP contribution in [0, 0.1) is 17.2 Å². The largest absolute Gasteiger partial charge is 0.480 e. The second-order valence-electron chi connectivity index (χ2n) is 2.86. The van der Waals surface area contributed by atoms with Crippen molar-refractivity contribution in [2.75, 3.05) is 0 Å². The Labute approximate surface area is 76.4 Å². The lowest BCUT2D eigenvalue weighted by Crippen LogP contribution is -2.40. The molecule has 0 rings (SSSR count). The highest BCUT2D eigenvalue weighted by molar-refractivity contribution is 5.82. The fourth-order valence-corrected chi connectivity index (χ4v) is 0.873. The van der Waals surface area contributed by atoms with Gasteiger partial charge in [0, 0.05) is 12.8 Å². The van der Waals surface area contributed by atoms with E-state index in [4.69, 9.17) is 10.4 Å². The van der Waals surface area contributed by atoms with E-state index in [0.29, 0.717) is 0 Å². The number of rotatable bonds is 4. The number of amides is 1. The van der Waals surface area contributed by atoms with Crippen molar-refractivity contribution in [3.63, 3.8) is 0 Å². The van der Waals surface area contributed by atoms with Gasteiger partial charge in [0.1, 0.15) is 6.04 Å². The van der Waals surface area contributed by atoms with Gasteiger partial charge in [-0.3, -0.25) is 4.79 Å². The Bertz CT molecular complexity index is 244. The molecule has 2 N–H and O–H groups in total. The standard InChI is InChI=1S/C8H12N2O3/c1-5(4-9)3-7(8(12)13)10-6(2)11/h5,7H,3H2,1-2H3,(H,10,11)(H,12,13)/t5-,7+/m1/s1. The molecule has 2 atom stereocenters. The van der Waals surface area contributed by atoms with Crippen LogP contribution in [0.1, 0.15) is 20.3 Å². The average Bonchev–Trinajstić information content (AvgIpc) is 2.02. The quantitative estimate of drug-likeness (QED) is 0.649. The van der Waals surface area contributed by atoms with Crippen LogP contribution < -0.4 is 5.32 Å². The van der Waals surface area contributed by atoms with Gasteiger partial charge in [0.15, 0.2) is 0 Å². The van der Waals surface area contributed by atoms with Crippen LogP contribution in [0.4, 0.5) is 0 Å². The summed E-state index contributed by atoms with van der Waals surface area (Å²) >= 11 is 0. The predicted molar refractivity (Wildman–Crippen MR) is 44.6 cm³/mol. The maximum Gasteiger partial charge on any atom is 0.326 e. The summed E-state index contributed by atoms with van der Waals surface area (Å²) in [5, 5.41) is 19.3. The summed E-state index contributed by atoms with van der Waals surface area (Å²) in [6, 6.07) is 0.943. The Hall–Kier alpha value is -1.57. The van der Waals surface area contributed by atoms with Gasteiger partial charge in [-0.1, -0.05) is 0 Å². The second-order valence-corrected chi connectivity index (χ2v) is 2.86. The molecular formula is C8H12N2O3. The van der Waals surface area contributed by atoms with Gasteiger partial charge in [-0.05, 0) is 13.3 Å². The Morgan fingerprint density at radius 2 is 2.15 bits per heavy atom. The number of carbonyl (C=O) groups is 2. The average molecular weight is 184 g/mol. The van der Waals surface area contributed by atoms with Crippen molar-refractivity contribution in [3.05, 3.63) is 0 Å². The number of aliphatic carboxylic acids is 1. The van der Waals surface area contributed by atoms with Crippen LogP contribution in [-0.2, 0) is 9.59 Å². The Morgan fingerprint density at radius 1 is 1.62 bits per heavy atom. The molecular weight excluding hydrogens is 172 g/mol. The maximum absolute atomic E-state index is 10.6. The third kappa shape index (κ3) is 4.80. The SMILES string of the molecule is CC(=O)N[C@@H](C[C@@H](C)C#N)C(=O)O. The first-order valence-corrected chi connectivity index (χ1v) is 3.87. The highest BCUT2D eigenvalue weighted by atomic mass is 16.4. The molecule has 0 spiro atoms. The molecule has 0 aromatic carbocycles. The van der Waals surface area contributed by atoms with E-state index >= 15 is 0 Å². The van der Waals surface area contributed by atoms with Crippen molar-refractivity contribution in [2.24, 2.45) is 5.92 Å². The molecule has 0 bridgehead atoms. The number of nitriles is 1. The Balaban J connectivity index is 4.20. The summed E-state index contributed by atoms with van der Waals surface area (Å²) in [4.78, 5) is 21.1. The van der Waals surface area contributed by atoms with E-state index in [1.807, 2.05) is 6.07 Å². The smallest absolute Gasteiger partial charge is 0.326 e. The zero-order valence-electron chi connectivity index (χ0n) is 7.57. The van der Waals surface area contributed by atoms with Crippen LogP contribution in [-0.4, -0.2) is 23.0 Å². The summed E-state index contributed by atoms with van der Waals surface area (Å²) < 4.78 is 0. The molecule has 0 aromatic heterocycles. The van der Waals surface area contributed by atoms with Crippen molar-refractivity contribution in [2.45, 2.75) is 26.3 Å². The minimum Gasteiger partial charge on any atom is -0.480 e. The molecule has 0 unspecified atom stereocenters. The highest BCUT2D eigenvalue weighted by Crippen LogP contribution is 2.04. The summed E-state index contributed by atoms with van der Waals surface area (Å²) in [5.74, 6) is -1.90. The molecule has 0 heterocycles. The van der Waals surface area contributed by atoms with E-state index in [9.17, 15) is 9.59 Å². The number of hydrogen-bond acceptors (Lipinski definition) is 3. The molecule has 0 radical (unpaired) electrons. The molecule has 0 saturated heterocycles. The van der Waals surface area contributed by atoms with Gasteiger partial charge in [0.05, 0.1) is 6.07 Å². The number of carboxylic acid groups (broad SMARTS) is 1. The van der Waals surface area contributed by atoms with Crippen molar-refractivity contribution in [1.82, 2.24) is 5.32 Å². The minimum absolute atomic E-state index is 0.130. The number of nitrogens with zero attached hydrogens (tertiary/aromatic N) is 1. The summed E-state index contributed by atoms with van der Waals surface area (Å²) in [6.07, 6.45) is 0.130. The number of nitrogens with one attached hydrogen (secondary N) is 1. The zero-order valence-corrected chi connectivity index (χ0v) is 7.57. The fraction of sp³-hybridized carbons (Fsp3) is 0.625. The Kier molecular flexibility index (Phi) is 4.52. The number of hydrogen-bond donors (Lipinski definition) is 2. The molecule has 0 aliphatic carbocycles. The molecule has 0 aliphatic rings. The van der Waals surface area contributed by atoms with Gasteiger partial charge in [-0.15, -0.1) is 0 Å². The van der Waals surface area contributed by atoms with Crippen molar-refractivity contribution >= 4 is 11.9 Å². The Morgan fingerprint density at radius 3 is 2.46 bits per heavy atom. The zero-order chi connectivity index (χ0) is 10.4. The van der Waals surface area contributed by atoms with Crippen LogP contribution in [0.15, 0.2) is 0 Å². The molecule has 0 fully saturated rings. The highest BCUT2D eigenvalue weighted by Gasteiger charge is 2.20. The van der Waals surface area contributed by atoms with Gasteiger partial charge < -0.3 is 10.4 Å². The number of carbonyl (C=O) groups excluding carboxylic acids is 1. The van der Waals surface area contributed by atoms with E-state index in [2.05, 4.69) is 5.32 Å². The molecule has 0 saturated carbocycles. The summed E-state index contributed by atoms with van der Waals surface area (Å²) in [5.41, 5.74) is 0. The second kappa shape index (κ2) is 5.14. The van der Waals surface area contributed by atoms with E-state index in [1.54, 1.807) is 6.92 Å². The summed E-state index contributed by atoms with van der Waals surface area (Å²) in [6.45, 7) is 2.85. The topological polar surface area (TPSA) is 90.2 Å². The normalized spacial score (nSPS) is 13.9. The van der Waals surface area contributed by atoms with Crippen LogP contribution >= 0.6 is 0 Å². The third-order valence-electron chi connectivity index (χ3n) is 1.49. The number of carboxylic acids is 1. The lowest BCUT2D eigenvalue weighted by molar-refractivity contribution is -0.141. The van der Waals surface area contributed by atoms with Crippen molar-refractivity contribution < 1.29 is 14.7 Å². The molecule has 1 amide bonds. The molecule has 13 heavy (non-hydrogen) atoms. The van der Waals surface area contributed by atoms with Crippen molar-refractivity contribution in [3.8, 4) is 6.07 Å². The monoisotopic (exact) mass is 184 g/mol. The van der Waals surface area contributed by atoms with Gasteiger partial charge in [0.2, 0.25) is 5.91 Å². The first-order chi connectivity index (χ1) is 5.97. The van der Waals surface area contributed by atoms with Gasteiger partial charge in [-0.25, -0.2) is 4.79 Å². The minimum atomic E-state index is -1.11. The first kappa shape index (κ1) is 11.4. The molecule has 5 heteroatoms. The van der Waals surface area contributed by atoms with Gasteiger partial charge in [0.25, 0.3) is 0 Å². The van der Waals surface area contributed by atoms with Crippen LogP contribution in [0.2, 0.25) is 0 Å². The van der Waals surface area contributed by atoms with Crippen LogP contribution in [0.25, 0.3) is 0 Å². The third-order valence-corrected chi connectivity index (χ3v) is 1.49. The lowest BCUT2D eigenvalue weighted by atomic mass is 10.0. The molecule has 0 aromatic rings. The van der Waals surface area contributed by atoms with Crippen LogP contribution in [0.3, 0.4) is 0 Å². The van der Waals surface area contributed by atoms with E-state index in [-0.39, 0.29) is 12.3 Å². The molecule has 72 valence electrons. The fourth-order valence-electron chi connectivity index (χ4n) is 0.873. The van der Waals surface area contributed by atoms with Crippen LogP contribution in [0.5, 0.6) is 0 Å². The maximum atomic E-state index is 10.6. The van der Waals surface area contributed by atoms with Gasteiger partial charge >= 0.3 is 5.97 Å².